The summed E-state index contributed by atoms with van der Waals surface area (Å²) in [5.41, 5.74) is 0.873. The van der Waals surface area contributed by atoms with Gasteiger partial charge in [-0.2, -0.15) is 0 Å². The van der Waals surface area contributed by atoms with Crippen LogP contribution in [0.4, 0.5) is 0 Å². The van der Waals surface area contributed by atoms with Crippen LogP contribution in [0.25, 0.3) is 10.8 Å². The van der Waals surface area contributed by atoms with Crippen molar-refractivity contribution < 1.29 is 9.84 Å². The van der Waals surface area contributed by atoms with Crippen LogP contribution in [-0.4, -0.2) is 11.7 Å². The summed E-state index contributed by atoms with van der Waals surface area (Å²) in [5.74, 6) is 0.673. The summed E-state index contributed by atoms with van der Waals surface area (Å²) in [6.07, 6.45) is 2.18. The van der Waals surface area contributed by atoms with Crippen LogP contribution in [0.1, 0.15) is 18.1 Å². The Hall–Kier alpha value is -1.32. The van der Waals surface area contributed by atoms with E-state index in [0.29, 0.717) is 12.4 Å². The van der Waals surface area contributed by atoms with Gasteiger partial charge in [-0.15, -0.1) is 0 Å². The Morgan fingerprint density at radius 2 is 1.89 bits per heavy atom. The molecule has 92 valence electrons. The smallest absolute Gasteiger partial charge is 0.136 e. The van der Waals surface area contributed by atoms with E-state index in [1.807, 2.05) is 36.4 Å². The lowest BCUT2D eigenvalue weighted by Crippen LogP contribution is -2.02. The average Bonchev–Trinajstić information content (AvgIpc) is 2.91. The molecule has 0 radical (unpaired) electrons. The first-order valence-electron chi connectivity index (χ1n) is 5.94. The molecule has 0 bridgehead atoms. The summed E-state index contributed by atoms with van der Waals surface area (Å²) in [6.45, 7) is 0.674. The fourth-order valence-corrected chi connectivity index (χ4v) is 2.58. The van der Waals surface area contributed by atoms with Crippen LogP contribution >= 0.6 is 15.9 Å². The largest absolute Gasteiger partial charge is 0.495 e. The Kier molecular flexibility index (Phi) is 3.10. The molecule has 1 atom stereocenters. The van der Waals surface area contributed by atoms with Gasteiger partial charge in [0.15, 0.2) is 0 Å². The van der Waals surface area contributed by atoms with Crippen molar-refractivity contribution in [2.24, 2.45) is 0 Å². The number of hydrogen-bond acceptors (Lipinski definition) is 2. The molecule has 18 heavy (non-hydrogen) atoms. The lowest BCUT2D eigenvalue weighted by molar-refractivity contribution is 0.119. The van der Waals surface area contributed by atoms with Crippen LogP contribution in [0.3, 0.4) is 0 Å². The van der Waals surface area contributed by atoms with Gasteiger partial charge in [-0.1, -0.05) is 34.1 Å². The van der Waals surface area contributed by atoms with E-state index in [1.165, 1.54) is 0 Å². The molecule has 0 amide bonds. The molecule has 3 heteroatoms. The first-order chi connectivity index (χ1) is 8.74. The number of benzene rings is 2. The molecule has 1 unspecified atom stereocenters. The molecule has 0 fully saturated rings. The number of fused-ring (bicyclic) bond motifs is 1. The van der Waals surface area contributed by atoms with Crippen molar-refractivity contribution in [1.82, 2.24) is 0 Å². The molecule has 0 aromatic heterocycles. The molecule has 1 aliphatic heterocycles. The fraction of sp³-hybridized carbons (Fsp3) is 0.200. The maximum absolute atomic E-state index is 10.2. The zero-order valence-electron chi connectivity index (χ0n) is 9.77. The molecular weight excluding hydrogens is 292 g/mol. The van der Waals surface area contributed by atoms with E-state index in [9.17, 15) is 5.11 Å². The predicted octanol–water partition coefficient (Wildman–Crippen LogP) is 3.94. The van der Waals surface area contributed by atoms with E-state index in [2.05, 4.69) is 22.0 Å². The highest BCUT2D eigenvalue weighted by molar-refractivity contribution is 9.10. The van der Waals surface area contributed by atoms with Crippen molar-refractivity contribution in [2.45, 2.75) is 12.5 Å². The van der Waals surface area contributed by atoms with E-state index in [0.717, 1.165) is 27.2 Å². The Balaban J connectivity index is 2.00. The van der Waals surface area contributed by atoms with Gasteiger partial charge in [0, 0.05) is 10.9 Å². The molecule has 3 rings (SSSR count). The summed E-state index contributed by atoms with van der Waals surface area (Å²) in [6, 6.07) is 12.1. The number of rotatable bonds is 2. The highest BCUT2D eigenvalue weighted by atomic mass is 79.9. The number of ether oxygens (including phenoxy) is 1. The number of aliphatic hydroxyl groups excluding tert-OH is 1. The third-order valence-electron chi connectivity index (χ3n) is 3.14. The van der Waals surface area contributed by atoms with Crippen molar-refractivity contribution in [3.8, 4) is 0 Å². The van der Waals surface area contributed by atoms with E-state index >= 15 is 0 Å². The molecule has 0 saturated heterocycles. The van der Waals surface area contributed by atoms with Gasteiger partial charge in [0.1, 0.15) is 11.9 Å². The Morgan fingerprint density at radius 3 is 2.67 bits per heavy atom. The molecule has 2 aromatic rings. The van der Waals surface area contributed by atoms with E-state index in [4.69, 9.17) is 4.74 Å². The molecule has 1 N–H and O–H groups in total. The first-order valence-corrected chi connectivity index (χ1v) is 6.73. The monoisotopic (exact) mass is 304 g/mol. The lowest BCUT2D eigenvalue weighted by Gasteiger charge is -2.13. The number of halogens is 1. The van der Waals surface area contributed by atoms with Crippen LogP contribution in [0.2, 0.25) is 0 Å². The third-order valence-corrected chi connectivity index (χ3v) is 3.64. The van der Waals surface area contributed by atoms with Gasteiger partial charge >= 0.3 is 0 Å². The summed E-state index contributed by atoms with van der Waals surface area (Å²) >= 11 is 3.46. The molecule has 1 aliphatic rings. The van der Waals surface area contributed by atoms with Gasteiger partial charge in [0.25, 0.3) is 0 Å². The topological polar surface area (TPSA) is 29.5 Å². The van der Waals surface area contributed by atoms with Crippen LogP contribution in [0, 0.1) is 0 Å². The molecular formula is C15H13BrO2. The average molecular weight is 305 g/mol. The van der Waals surface area contributed by atoms with Crippen molar-refractivity contribution in [1.29, 1.82) is 0 Å². The summed E-state index contributed by atoms with van der Waals surface area (Å²) < 4.78 is 6.46. The molecule has 0 saturated carbocycles. The van der Waals surface area contributed by atoms with Gasteiger partial charge in [0.2, 0.25) is 0 Å². The second-order valence-corrected chi connectivity index (χ2v) is 5.31. The Morgan fingerprint density at radius 1 is 1.11 bits per heavy atom. The van der Waals surface area contributed by atoms with E-state index < -0.39 is 6.10 Å². The normalized spacial score (nSPS) is 16.4. The van der Waals surface area contributed by atoms with Crippen LogP contribution in [0.5, 0.6) is 0 Å². The third kappa shape index (κ3) is 2.16. The second kappa shape index (κ2) is 4.75. The Labute approximate surface area is 114 Å². The van der Waals surface area contributed by atoms with E-state index in [1.54, 1.807) is 0 Å². The summed E-state index contributed by atoms with van der Waals surface area (Å²) in [7, 11) is 0. The maximum Gasteiger partial charge on any atom is 0.136 e. The zero-order valence-corrected chi connectivity index (χ0v) is 11.4. The first kappa shape index (κ1) is 11.8. The van der Waals surface area contributed by atoms with Gasteiger partial charge < -0.3 is 9.84 Å². The minimum Gasteiger partial charge on any atom is -0.495 e. The van der Waals surface area contributed by atoms with Crippen molar-refractivity contribution in [3.63, 3.8) is 0 Å². The standard InChI is InChI=1S/C15H13BrO2/c16-13-6-5-10-8-12(4-3-11(10)9-13)15(17)14-2-1-7-18-14/h2-6,8-9,15,17H,1,7H2. The number of aliphatic hydroxyl groups is 1. The SMILES string of the molecule is OC(C1=CCCO1)c1ccc2cc(Br)ccc2c1. The van der Waals surface area contributed by atoms with Gasteiger partial charge in [-0.05, 0) is 40.6 Å². The number of hydrogen-bond donors (Lipinski definition) is 1. The lowest BCUT2D eigenvalue weighted by atomic mass is 10.0. The summed E-state index contributed by atoms with van der Waals surface area (Å²) in [5, 5.41) is 12.5. The van der Waals surface area contributed by atoms with Gasteiger partial charge in [-0.25, -0.2) is 0 Å². The maximum atomic E-state index is 10.2. The van der Waals surface area contributed by atoms with Gasteiger partial charge in [-0.3, -0.25) is 0 Å². The van der Waals surface area contributed by atoms with Crippen molar-refractivity contribution >= 4 is 26.7 Å². The van der Waals surface area contributed by atoms with Crippen LogP contribution in [0.15, 0.2) is 52.7 Å². The van der Waals surface area contributed by atoms with Crippen molar-refractivity contribution in [3.05, 3.63) is 58.3 Å². The molecule has 1 heterocycles. The molecule has 0 aliphatic carbocycles. The highest BCUT2D eigenvalue weighted by Gasteiger charge is 2.18. The van der Waals surface area contributed by atoms with Crippen LogP contribution in [-0.2, 0) is 4.74 Å². The molecule has 2 nitrogen and oxygen atoms in total. The fourth-order valence-electron chi connectivity index (χ4n) is 2.20. The Bertz CT molecular complexity index is 619. The van der Waals surface area contributed by atoms with Gasteiger partial charge in [0.05, 0.1) is 6.61 Å². The van der Waals surface area contributed by atoms with Crippen molar-refractivity contribution in [2.75, 3.05) is 6.61 Å². The molecule has 0 spiro atoms. The van der Waals surface area contributed by atoms with E-state index in [-0.39, 0.29) is 0 Å². The summed E-state index contributed by atoms with van der Waals surface area (Å²) in [4.78, 5) is 0. The highest BCUT2D eigenvalue weighted by Crippen LogP contribution is 2.29. The second-order valence-electron chi connectivity index (χ2n) is 4.40. The zero-order chi connectivity index (χ0) is 12.5. The quantitative estimate of drug-likeness (QED) is 0.910. The minimum atomic E-state index is -0.652. The van der Waals surface area contributed by atoms with Crippen LogP contribution < -0.4 is 0 Å². The predicted molar refractivity (Wildman–Crippen MR) is 75.3 cm³/mol. The minimum absolute atomic E-state index is 0.652. The molecule has 2 aromatic carbocycles.